The maximum Gasteiger partial charge on any atom is 0.336 e. The number of rotatable bonds is 7. The van der Waals surface area contributed by atoms with Crippen molar-refractivity contribution < 1.29 is 38.4 Å². The highest BCUT2D eigenvalue weighted by Crippen LogP contribution is 2.39. The van der Waals surface area contributed by atoms with Crippen molar-refractivity contribution >= 4 is 17.9 Å². The molecule has 0 spiro atoms. The summed E-state index contributed by atoms with van der Waals surface area (Å²) in [5, 5.41) is 11.0. The highest BCUT2D eigenvalue weighted by atomic mass is 16.6. The van der Waals surface area contributed by atoms with Crippen molar-refractivity contribution in [1.29, 1.82) is 0 Å². The molecule has 8 heteroatoms. The van der Waals surface area contributed by atoms with E-state index in [1.54, 1.807) is 26.0 Å². The normalized spacial score (nSPS) is 30.5. The second-order valence-electron chi connectivity index (χ2n) is 8.82. The van der Waals surface area contributed by atoms with E-state index < -0.39 is 48.2 Å². The van der Waals surface area contributed by atoms with Gasteiger partial charge in [0.1, 0.15) is 24.4 Å². The first kappa shape index (κ1) is 27.5. The van der Waals surface area contributed by atoms with E-state index in [4.69, 9.17) is 18.9 Å². The van der Waals surface area contributed by atoms with Crippen molar-refractivity contribution in [1.82, 2.24) is 0 Å². The highest BCUT2D eigenvalue weighted by Gasteiger charge is 2.53. The zero-order valence-electron chi connectivity index (χ0n) is 20.7. The van der Waals surface area contributed by atoms with Crippen molar-refractivity contribution in [2.24, 2.45) is 11.8 Å². The fourth-order valence-corrected chi connectivity index (χ4v) is 3.88. The summed E-state index contributed by atoms with van der Waals surface area (Å²) in [6.45, 7) is 15.3. The molecule has 0 aromatic carbocycles. The molecule has 0 aromatic rings. The van der Waals surface area contributed by atoms with Gasteiger partial charge >= 0.3 is 17.9 Å². The number of hydrogen-bond acceptors (Lipinski definition) is 8. The van der Waals surface area contributed by atoms with Gasteiger partial charge in [0.15, 0.2) is 0 Å². The Morgan fingerprint density at radius 3 is 2.62 bits per heavy atom. The predicted octanol–water partition coefficient (Wildman–Crippen LogP) is 3.20. The van der Waals surface area contributed by atoms with E-state index in [2.05, 4.69) is 13.2 Å². The molecule has 0 bridgehead atoms. The van der Waals surface area contributed by atoms with Gasteiger partial charge in [-0.05, 0) is 38.2 Å². The van der Waals surface area contributed by atoms with E-state index in [1.807, 2.05) is 13.8 Å². The van der Waals surface area contributed by atoms with Crippen molar-refractivity contribution in [3.05, 3.63) is 47.6 Å². The van der Waals surface area contributed by atoms with Gasteiger partial charge in [0.2, 0.25) is 0 Å². The fourth-order valence-electron chi connectivity index (χ4n) is 3.88. The molecule has 2 aliphatic rings. The monoisotopic (exact) mass is 476 g/mol. The molecule has 0 amide bonds. The van der Waals surface area contributed by atoms with Gasteiger partial charge in [-0.1, -0.05) is 45.6 Å². The minimum Gasteiger partial charge on any atom is -0.466 e. The summed E-state index contributed by atoms with van der Waals surface area (Å²) in [6.07, 6.45) is 0.185. The van der Waals surface area contributed by atoms with Crippen LogP contribution in [0, 0.1) is 11.8 Å². The van der Waals surface area contributed by atoms with Crippen molar-refractivity contribution in [2.75, 3.05) is 13.7 Å². The van der Waals surface area contributed by atoms with Gasteiger partial charge < -0.3 is 24.1 Å². The molecule has 2 rings (SSSR count). The van der Waals surface area contributed by atoms with Crippen LogP contribution in [0.15, 0.2) is 47.6 Å². The molecule has 34 heavy (non-hydrogen) atoms. The van der Waals surface area contributed by atoms with E-state index in [9.17, 15) is 19.5 Å². The second kappa shape index (κ2) is 12.1. The first-order valence-electron chi connectivity index (χ1n) is 11.6. The lowest BCUT2D eigenvalue weighted by atomic mass is 9.80. The molecule has 1 fully saturated rings. The summed E-state index contributed by atoms with van der Waals surface area (Å²) < 4.78 is 22.6. The summed E-state index contributed by atoms with van der Waals surface area (Å²) in [6, 6.07) is 0. The molecule has 188 valence electrons. The molecule has 1 aliphatic heterocycles. The summed E-state index contributed by atoms with van der Waals surface area (Å²) in [7, 11) is 1.26. The maximum atomic E-state index is 12.9. The topological polar surface area (TPSA) is 108 Å². The van der Waals surface area contributed by atoms with Crippen molar-refractivity contribution in [2.45, 2.75) is 71.4 Å². The zero-order valence-corrected chi connectivity index (χ0v) is 20.7. The van der Waals surface area contributed by atoms with Gasteiger partial charge in [-0.2, -0.15) is 0 Å². The number of carbonyl (C=O) groups is 3. The second-order valence-corrected chi connectivity index (χ2v) is 8.82. The molecule has 0 radical (unpaired) electrons. The highest BCUT2D eigenvalue weighted by molar-refractivity contribution is 5.93. The van der Waals surface area contributed by atoms with Gasteiger partial charge in [0, 0.05) is 11.1 Å². The standard InChI is InChI=1S/C26H36O8/c1-8-14(3)13-32-21-18(26(30)31-7)12-10-11-16(5)20(27)22-19(17(6)25(29)33-22)23(21)34-24(28)15(4)9-2/h9,12,14,19-23,27H,5-6,8,10-11,13H2,1-4,7H3/b15-9-,18-12+/t14-,19-,20-,21-,22-,23-/m0/s1. The van der Waals surface area contributed by atoms with Crippen LogP contribution in [0.5, 0.6) is 0 Å². The van der Waals surface area contributed by atoms with Crippen LogP contribution in [0.25, 0.3) is 0 Å². The summed E-state index contributed by atoms with van der Waals surface area (Å²) >= 11 is 0. The predicted molar refractivity (Wildman–Crippen MR) is 125 cm³/mol. The van der Waals surface area contributed by atoms with Gasteiger partial charge in [-0.3, -0.25) is 0 Å². The van der Waals surface area contributed by atoms with Crippen LogP contribution in [0.3, 0.4) is 0 Å². The number of esters is 3. The van der Waals surface area contributed by atoms with Crippen LogP contribution in [0.2, 0.25) is 0 Å². The first-order chi connectivity index (χ1) is 16.1. The Kier molecular flexibility index (Phi) is 9.82. The molecule has 1 saturated heterocycles. The van der Waals surface area contributed by atoms with Gasteiger partial charge in [-0.15, -0.1) is 0 Å². The molecule has 8 nitrogen and oxygen atoms in total. The summed E-state index contributed by atoms with van der Waals surface area (Å²) in [5.41, 5.74) is 0.942. The lowest BCUT2D eigenvalue weighted by Crippen LogP contribution is -2.49. The minimum absolute atomic E-state index is 0.0229. The van der Waals surface area contributed by atoms with Gasteiger partial charge in [0.25, 0.3) is 0 Å². The maximum absolute atomic E-state index is 12.9. The third-order valence-electron chi connectivity index (χ3n) is 6.46. The Hall–Kier alpha value is -2.71. The van der Waals surface area contributed by atoms with Crippen LogP contribution in [0.4, 0.5) is 0 Å². The summed E-state index contributed by atoms with van der Waals surface area (Å²) in [5.74, 6) is -2.83. The minimum atomic E-state index is -1.21. The van der Waals surface area contributed by atoms with Crippen LogP contribution in [0.1, 0.15) is 47.0 Å². The molecule has 0 unspecified atom stereocenters. The molecule has 0 aromatic heterocycles. The average molecular weight is 477 g/mol. The lowest BCUT2D eigenvalue weighted by Gasteiger charge is -2.36. The number of allylic oxidation sites excluding steroid dienone is 2. The molecule has 0 saturated carbocycles. The number of aliphatic hydroxyl groups excluding tert-OH is 1. The molecule has 6 atom stereocenters. The van der Waals surface area contributed by atoms with E-state index in [-0.39, 0.29) is 23.7 Å². The number of aliphatic hydroxyl groups is 1. The SMILES string of the molecule is C=C1C(=O)O[C@H]2[C@H]1[C@H](OC(=O)/C(C)=C\C)[C@@H](OC[C@@H](C)CC)/C(C(=O)OC)=C\CCC(=C)[C@@H]2O. The van der Waals surface area contributed by atoms with Crippen LogP contribution in [-0.2, 0) is 33.3 Å². The largest absolute Gasteiger partial charge is 0.466 e. The van der Waals surface area contributed by atoms with Crippen LogP contribution >= 0.6 is 0 Å². The number of carbonyl (C=O) groups excluding carboxylic acids is 3. The average Bonchev–Trinajstić information content (AvgIpc) is 3.13. The molecule has 1 aliphatic carbocycles. The Bertz CT molecular complexity index is 883. The Morgan fingerprint density at radius 1 is 1.35 bits per heavy atom. The quantitative estimate of drug-likeness (QED) is 0.258. The van der Waals surface area contributed by atoms with E-state index in [1.165, 1.54) is 7.11 Å². The Morgan fingerprint density at radius 2 is 2.03 bits per heavy atom. The van der Waals surface area contributed by atoms with Gasteiger partial charge in [0.05, 0.1) is 25.2 Å². The lowest BCUT2D eigenvalue weighted by molar-refractivity contribution is -0.163. The van der Waals surface area contributed by atoms with E-state index >= 15 is 0 Å². The molecule has 1 N–H and O–H groups in total. The van der Waals surface area contributed by atoms with Gasteiger partial charge in [-0.25, -0.2) is 14.4 Å². The first-order valence-corrected chi connectivity index (χ1v) is 11.6. The van der Waals surface area contributed by atoms with Crippen LogP contribution in [-0.4, -0.2) is 61.1 Å². The van der Waals surface area contributed by atoms with Crippen molar-refractivity contribution in [3.8, 4) is 0 Å². The van der Waals surface area contributed by atoms with E-state index in [0.29, 0.717) is 24.0 Å². The number of hydrogen-bond donors (Lipinski definition) is 1. The molecular formula is C26H36O8. The fraction of sp³-hybridized carbons (Fsp3) is 0.577. The van der Waals surface area contributed by atoms with Crippen LogP contribution < -0.4 is 0 Å². The smallest absolute Gasteiger partial charge is 0.336 e. The molecule has 1 heterocycles. The zero-order chi connectivity index (χ0) is 25.6. The van der Waals surface area contributed by atoms with E-state index in [0.717, 1.165) is 6.42 Å². The summed E-state index contributed by atoms with van der Waals surface area (Å²) in [4.78, 5) is 38.3. The Labute approximate surface area is 201 Å². The molecular weight excluding hydrogens is 440 g/mol. The third kappa shape index (κ3) is 6.04. The third-order valence-corrected chi connectivity index (χ3v) is 6.46. The number of ether oxygens (including phenoxy) is 4. The number of fused-ring (bicyclic) bond motifs is 1. The van der Waals surface area contributed by atoms with Crippen molar-refractivity contribution in [3.63, 3.8) is 0 Å². The Balaban J connectivity index is 2.71. The number of methoxy groups -OCH3 is 1.